The first-order chi connectivity index (χ1) is 13.4. The number of nitrogens with one attached hydrogen (secondary N) is 1. The summed E-state index contributed by atoms with van der Waals surface area (Å²) in [6.07, 6.45) is 0. The minimum Gasteiger partial charge on any atom is -0.496 e. The summed E-state index contributed by atoms with van der Waals surface area (Å²) in [5, 5.41) is 14.5. The molecule has 1 N–H and O–H groups in total. The molecule has 0 heterocycles. The highest BCUT2D eigenvalue weighted by molar-refractivity contribution is 6.35. The Morgan fingerprint density at radius 2 is 1.82 bits per heavy atom. The van der Waals surface area contributed by atoms with Gasteiger partial charge in [-0.2, -0.15) is 0 Å². The van der Waals surface area contributed by atoms with Gasteiger partial charge in [-0.3, -0.25) is 14.9 Å². The van der Waals surface area contributed by atoms with Crippen molar-refractivity contribution in [3.8, 4) is 5.75 Å². The fourth-order valence-electron chi connectivity index (χ4n) is 2.80. The first kappa shape index (κ1) is 19.4. The Balaban J connectivity index is 1.91. The van der Waals surface area contributed by atoms with Crippen molar-refractivity contribution < 1.29 is 14.5 Å². The van der Waals surface area contributed by atoms with Crippen molar-refractivity contribution in [2.75, 3.05) is 12.4 Å². The van der Waals surface area contributed by atoms with E-state index in [1.54, 1.807) is 42.5 Å². The lowest BCUT2D eigenvalue weighted by Crippen LogP contribution is -2.05. The molecule has 0 saturated heterocycles. The smallest absolute Gasteiger partial charge is 0.296 e. The molecule has 7 heteroatoms. The van der Waals surface area contributed by atoms with E-state index in [0.29, 0.717) is 28.3 Å². The average Bonchev–Trinajstić information content (AvgIpc) is 2.68. The molecule has 0 amide bonds. The summed E-state index contributed by atoms with van der Waals surface area (Å²) in [5.74, 6) is 0.208. The zero-order valence-corrected chi connectivity index (χ0v) is 16.0. The van der Waals surface area contributed by atoms with E-state index >= 15 is 0 Å². The van der Waals surface area contributed by atoms with Crippen LogP contribution in [-0.2, 0) is 0 Å². The first-order valence-corrected chi connectivity index (χ1v) is 8.78. The van der Waals surface area contributed by atoms with Crippen molar-refractivity contribution in [2.45, 2.75) is 6.92 Å². The third kappa shape index (κ3) is 3.97. The second kappa shape index (κ2) is 8.10. The summed E-state index contributed by atoms with van der Waals surface area (Å²) in [6, 6.07) is 16.6. The van der Waals surface area contributed by atoms with Crippen molar-refractivity contribution in [3.63, 3.8) is 0 Å². The number of nitro groups is 1. The van der Waals surface area contributed by atoms with Gasteiger partial charge in [0.2, 0.25) is 0 Å². The molecule has 0 unspecified atom stereocenters. The maximum absolute atomic E-state index is 12.8. The molecular weight excluding hydrogens is 380 g/mol. The number of carbonyl (C=O) groups is 1. The fourth-order valence-corrected chi connectivity index (χ4v) is 3.07. The minimum absolute atomic E-state index is 0.129. The average molecular weight is 397 g/mol. The summed E-state index contributed by atoms with van der Waals surface area (Å²) < 4.78 is 5.03. The lowest BCUT2D eigenvalue weighted by Gasteiger charge is -2.11. The quantitative estimate of drug-likeness (QED) is 0.336. The predicted octanol–water partition coefficient (Wildman–Crippen LogP) is 5.54. The molecule has 28 heavy (non-hydrogen) atoms. The van der Waals surface area contributed by atoms with Gasteiger partial charge in [0.1, 0.15) is 11.4 Å². The lowest BCUT2D eigenvalue weighted by molar-refractivity contribution is -0.384. The van der Waals surface area contributed by atoms with Crippen LogP contribution in [0, 0.1) is 17.0 Å². The van der Waals surface area contributed by atoms with Crippen LogP contribution in [0.1, 0.15) is 21.5 Å². The largest absolute Gasteiger partial charge is 0.496 e. The molecule has 0 aromatic heterocycles. The molecule has 3 rings (SSSR count). The normalized spacial score (nSPS) is 10.4. The Bertz CT molecular complexity index is 1070. The van der Waals surface area contributed by atoms with Crippen LogP contribution in [0.4, 0.5) is 17.1 Å². The predicted molar refractivity (Wildman–Crippen MR) is 109 cm³/mol. The van der Waals surface area contributed by atoms with E-state index in [9.17, 15) is 14.9 Å². The third-order valence-corrected chi connectivity index (χ3v) is 4.60. The molecule has 142 valence electrons. The molecule has 3 aromatic rings. The zero-order chi connectivity index (χ0) is 20.3. The Hall–Kier alpha value is -3.38. The van der Waals surface area contributed by atoms with Gasteiger partial charge in [-0.25, -0.2) is 0 Å². The summed E-state index contributed by atoms with van der Waals surface area (Å²) in [4.78, 5) is 23.6. The number of carbonyl (C=O) groups excluding carboxylic acids is 1. The van der Waals surface area contributed by atoms with Crippen molar-refractivity contribution >= 4 is 34.4 Å². The summed E-state index contributed by atoms with van der Waals surface area (Å²) in [5.41, 5.74) is 2.50. The Labute approximate surface area is 166 Å². The van der Waals surface area contributed by atoms with Gasteiger partial charge in [0, 0.05) is 16.8 Å². The second-order valence-corrected chi connectivity index (χ2v) is 6.51. The zero-order valence-electron chi connectivity index (χ0n) is 15.2. The van der Waals surface area contributed by atoms with Crippen molar-refractivity contribution in [1.29, 1.82) is 0 Å². The molecule has 0 saturated carbocycles. The maximum atomic E-state index is 12.8. The van der Waals surface area contributed by atoms with Crippen molar-refractivity contribution in [3.05, 3.63) is 92.5 Å². The highest BCUT2D eigenvalue weighted by atomic mass is 35.5. The molecule has 6 nitrogen and oxygen atoms in total. The molecule has 0 aliphatic heterocycles. The van der Waals surface area contributed by atoms with Gasteiger partial charge < -0.3 is 10.1 Å². The van der Waals surface area contributed by atoms with Crippen LogP contribution in [-0.4, -0.2) is 17.8 Å². The number of rotatable bonds is 6. The molecule has 0 radical (unpaired) electrons. The molecule has 0 atom stereocenters. The van der Waals surface area contributed by atoms with Crippen LogP contribution < -0.4 is 10.1 Å². The molecule has 0 bridgehead atoms. The van der Waals surface area contributed by atoms with Gasteiger partial charge in [-0.05, 0) is 42.8 Å². The summed E-state index contributed by atoms with van der Waals surface area (Å²) in [6.45, 7) is 1.86. The number of halogens is 1. The Kier molecular flexibility index (Phi) is 5.61. The number of aryl methyl sites for hydroxylation is 1. The lowest BCUT2D eigenvalue weighted by atomic mass is 9.99. The number of anilines is 2. The minimum atomic E-state index is -0.497. The molecule has 0 spiro atoms. The van der Waals surface area contributed by atoms with Crippen molar-refractivity contribution in [2.24, 2.45) is 0 Å². The van der Waals surface area contributed by atoms with Gasteiger partial charge >= 0.3 is 0 Å². The van der Waals surface area contributed by atoms with Crippen LogP contribution in [0.3, 0.4) is 0 Å². The van der Waals surface area contributed by atoms with Crippen LogP contribution >= 0.6 is 11.6 Å². The monoisotopic (exact) mass is 396 g/mol. The highest BCUT2D eigenvalue weighted by Gasteiger charge is 2.18. The fraction of sp³-hybridized carbons (Fsp3) is 0.0952. The van der Waals surface area contributed by atoms with Crippen LogP contribution in [0.15, 0.2) is 60.7 Å². The topological polar surface area (TPSA) is 81.5 Å². The number of nitro benzene ring substituents is 1. The van der Waals surface area contributed by atoms with Gasteiger partial charge in [-0.1, -0.05) is 35.9 Å². The SMILES string of the molecule is COc1ccc(Nc2ccc(C(=O)c3ccccc3C)c(Cl)c2)c([N+](=O)[O-])c1. The van der Waals surface area contributed by atoms with E-state index in [0.717, 1.165) is 5.56 Å². The second-order valence-electron chi connectivity index (χ2n) is 6.10. The summed E-state index contributed by atoms with van der Waals surface area (Å²) in [7, 11) is 1.44. The van der Waals surface area contributed by atoms with Crippen LogP contribution in [0.5, 0.6) is 5.75 Å². The number of benzene rings is 3. The van der Waals surface area contributed by atoms with E-state index in [1.165, 1.54) is 13.2 Å². The molecule has 0 aliphatic carbocycles. The molecule has 0 aliphatic rings. The number of ether oxygens (including phenoxy) is 1. The Morgan fingerprint density at radius 3 is 2.46 bits per heavy atom. The van der Waals surface area contributed by atoms with Gasteiger partial charge in [0.25, 0.3) is 5.69 Å². The number of hydrogen-bond acceptors (Lipinski definition) is 5. The first-order valence-electron chi connectivity index (χ1n) is 8.40. The van der Waals surface area contributed by atoms with Crippen LogP contribution in [0.25, 0.3) is 0 Å². The number of ketones is 1. The van der Waals surface area contributed by atoms with Gasteiger partial charge in [0.05, 0.1) is 23.1 Å². The van der Waals surface area contributed by atoms with E-state index < -0.39 is 4.92 Å². The standard InChI is InChI=1S/C21H17ClN2O4/c1-13-5-3-4-6-16(13)21(25)17-9-7-14(11-18(17)22)23-19-10-8-15(28-2)12-20(19)24(26)27/h3-12,23H,1-2H3. The molecule has 3 aromatic carbocycles. The van der Waals surface area contributed by atoms with Gasteiger partial charge in [0.15, 0.2) is 5.78 Å². The number of hydrogen-bond donors (Lipinski definition) is 1. The molecule has 0 fully saturated rings. The Morgan fingerprint density at radius 1 is 1.07 bits per heavy atom. The number of methoxy groups -OCH3 is 1. The van der Waals surface area contributed by atoms with E-state index in [-0.39, 0.29) is 16.5 Å². The third-order valence-electron chi connectivity index (χ3n) is 4.28. The molecular formula is C21H17ClN2O4. The number of nitrogens with zero attached hydrogens (tertiary/aromatic N) is 1. The van der Waals surface area contributed by atoms with E-state index in [2.05, 4.69) is 5.32 Å². The van der Waals surface area contributed by atoms with E-state index in [1.807, 2.05) is 19.1 Å². The highest BCUT2D eigenvalue weighted by Crippen LogP contribution is 2.33. The van der Waals surface area contributed by atoms with Crippen molar-refractivity contribution in [1.82, 2.24) is 0 Å². The maximum Gasteiger partial charge on any atom is 0.296 e. The van der Waals surface area contributed by atoms with Crippen LogP contribution in [0.2, 0.25) is 5.02 Å². The van der Waals surface area contributed by atoms with E-state index in [4.69, 9.17) is 16.3 Å². The summed E-state index contributed by atoms with van der Waals surface area (Å²) >= 11 is 6.33. The van der Waals surface area contributed by atoms with Gasteiger partial charge in [-0.15, -0.1) is 0 Å².